The Balaban J connectivity index is 2.48. The topological polar surface area (TPSA) is 38.3 Å². The van der Waals surface area contributed by atoms with Crippen LogP contribution in [0, 0.1) is 11.7 Å². The number of hydroxylamine groups is 1. The van der Waals surface area contributed by atoms with Crippen LogP contribution in [0.4, 0.5) is 4.39 Å². The van der Waals surface area contributed by atoms with E-state index in [1.165, 1.54) is 30.4 Å². The molecule has 0 aliphatic rings. The Labute approximate surface area is 111 Å². The second-order valence-corrected chi connectivity index (χ2v) is 4.59. The highest BCUT2D eigenvalue weighted by molar-refractivity contribution is 6.30. The summed E-state index contributed by atoms with van der Waals surface area (Å²) in [6.07, 6.45) is 2.82. The second kappa shape index (κ2) is 7.13. The fourth-order valence-corrected chi connectivity index (χ4v) is 1.29. The van der Waals surface area contributed by atoms with Gasteiger partial charge in [-0.1, -0.05) is 31.5 Å². The van der Waals surface area contributed by atoms with Crippen molar-refractivity contribution in [3.63, 3.8) is 0 Å². The Bertz CT molecular complexity index is 447. The minimum atomic E-state index is -0.487. The number of carbonyl (C=O) groups excluding carboxylic acids is 1. The molecule has 0 atom stereocenters. The maximum absolute atomic E-state index is 12.9. The highest BCUT2D eigenvalue weighted by Crippen LogP contribution is 2.16. The molecule has 0 unspecified atom stereocenters. The summed E-state index contributed by atoms with van der Waals surface area (Å²) in [4.78, 5) is 16.3. The Morgan fingerprint density at radius 1 is 1.56 bits per heavy atom. The number of halogens is 2. The molecule has 0 aliphatic carbocycles. The maximum Gasteiger partial charge on any atom is 0.267 e. The molecule has 3 nitrogen and oxygen atoms in total. The van der Waals surface area contributed by atoms with Gasteiger partial charge in [0.2, 0.25) is 0 Å². The van der Waals surface area contributed by atoms with Gasteiger partial charge in [0.15, 0.2) is 0 Å². The van der Waals surface area contributed by atoms with E-state index < -0.39 is 5.82 Å². The van der Waals surface area contributed by atoms with Crippen molar-refractivity contribution < 1.29 is 14.0 Å². The Morgan fingerprint density at radius 3 is 2.89 bits per heavy atom. The minimum Gasteiger partial charge on any atom is -0.273 e. The largest absolute Gasteiger partial charge is 0.273 e. The van der Waals surface area contributed by atoms with Gasteiger partial charge in [0.25, 0.3) is 5.91 Å². The molecule has 98 valence electrons. The molecular formula is C13H15ClFNO2. The van der Waals surface area contributed by atoms with E-state index in [0.717, 1.165) is 0 Å². The van der Waals surface area contributed by atoms with E-state index in [0.29, 0.717) is 18.1 Å². The lowest BCUT2D eigenvalue weighted by atomic mass is 10.2. The fourth-order valence-electron chi connectivity index (χ4n) is 1.10. The monoisotopic (exact) mass is 271 g/mol. The van der Waals surface area contributed by atoms with E-state index >= 15 is 0 Å². The Hall–Kier alpha value is -1.39. The molecule has 0 aliphatic heterocycles. The van der Waals surface area contributed by atoms with E-state index in [9.17, 15) is 9.18 Å². The number of carbonyl (C=O) groups is 1. The lowest BCUT2D eigenvalue weighted by molar-refractivity contribution is -0.129. The molecule has 18 heavy (non-hydrogen) atoms. The molecule has 1 aromatic carbocycles. The first kappa shape index (κ1) is 14.7. The highest BCUT2D eigenvalue weighted by Gasteiger charge is 2.00. The molecule has 0 aromatic heterocycles. The van der Waals surface area contributed by atoms with Gasteiger partial charge in [0, 0.05) is 6.08 Å². The third-order valence-corrected chi connectivity index (χ3v) is 2.25. The maximum atomic E-state index is 12.9. The quantitative estimate of drug-likeness (QED) is 0.660. The van der Waals surface area contributed by atoms with Gasteiger partial charge >= 0.3 is 0 Å². The number of nitrogens with one attached hydrogen (secondary N) is 1. The van der Waals surface area contributed by atoms with Gasteiger partial charge in [-0.3, -0.25) is 9.63 Å². The fraction of sp³-hybridized carbons (Fsp3) is 0.308. The van der Waals surface area contributed by atoms with Gasteiger partial charge in [0.1, 0.15) is 5.82 Å². The van der Waals surface area contributed by atoms with Crippen molar-refractivity contribution in [3.8, 4) is 0 Å². The number of hydrogen-bond donors (Lipinski definition) is 1. The van der Waals surface area contributed by atoms with E-state index in [1.54, 1.807) is 0 Å². The van der Waals surface area contributed by atoms with Gasteiger partial charge in [-0.15, -0.1) is 0 Å². The third kappa shape index (κ3) is 5.29. The Kier molecular flexibility index (Phi) is 5.82. The summed E-state index contributed by atoms with van der Waals surface area (Å²) >= 11 is 5.61. The molecule has 1 amide bonds. The molecule has 1 aromatic rings. The SMILES string of the molecule is CC(C)CONC(=O)/C=C/c1ccc(F)c(Cl)c1. The van der Waals surface area contributed by atoms with Crippen LogP contribution in [-0.2, 0) is 9.63 Å². The molecule has 5 heteroatoms. The van der Waals surface area contributed by atoms with Crippen LogP contribution in [-0.4, -0.2) is 12.5 Å². The summed E-state index contributed by atoms with van der Waals surface area (Å²) in [6, 6.07) is 4.21. The van der Waals surface area contributed by atoms with E-state index in [4.69, 9.17) is 16.4 Å². The zero-order valence-corrected chi connectivity index (χ0v) is 11.0. The number of amides is 1. The first-order chi connectivity index (χ1) is 8.49. The van der Waals surface area contributed by atoms with Crippen LogP contribution in [0.5, 0.6) is 0 Å². The smallest absolute Gasteiger partial charge is 0.267 e. The van der Waals surface area contributed by atoms with Crippen LogP contribution in [0.15, 0.2) is 24.3 Å². The first-order valence-corrected chi connectivity index (χ1v) is 5.91. The minimum absolute atomic E-state index is 0.0219. The molecular weight excluding hydrogens is 257 g/mol. The lowest BCUT2D eigenvalue weighted by Crippen LogP contribution is -2.23. The van der Waals surface area contributed by atoms with Crippen molar-refractivity contribution in [2.45, 2.75) is 13.8 Å². The van der Waals surface area contributed by atoms with Crippen LogP contribution in [0.3, 0.4) is 0 Å². The molecule has 0 bridgehead atoms. The zero-order chi connectivity index (χ0) is 13.5. The van der Waals surface area contributed by atoms with Crippen LogP contribution in [0.1, 0.15) is 19.4 Å². The number of hydrogen-bond acceptors (Lipinski definition) is 2. The zero-order valence-electron chi connectivity index (χ0n) is 10.2. The van der Waals surface area contributed by atoms with Gasteiger partial charge in [-0.25, -0.2) is 9.87 Å². The summed E-state index contributed by atoms with van der Waals surface area (Å²) in [5.74, 6) is -0.528. The van der Waals surface area contributed by atoms with Gasteiger partial charge in [0.05, 0.1) is 11.6 Å². The average molecular weight is 272 g/mol. The summed E-state index contributed by atoms with van der Waals surface area (Å²) < 4.78 is 12.9. The molecule has 0 spiro atoms. The average Bonchev–Trinajstić information content (AvgIpc) is 2.30. The number of benzene rings is 1. The molecule has 0 radical (unpaired) electrons. The summed E-state index contributed by atoms with van der Waals surface area (Å²) in [5, 5.41) is 0.0219. The van der Waals surface area contributed by atoms with Crippen LogP contribution >= 0.6 is 11.6 Å². The standard InChI is InChI=1S/C13H15ClFNO2/c1-9(2)8-18-16-13(17)6-4-10-3-5-12(15)11(14)7-10/h3-7,9H,8H2,1-2H3,(H,16,17)/b6-4+. The summed E-state index contributed by atoms with van der Waals surface area (Å²) in [6.45, 7) is 4.40. The van der Waals surface area contributed by atoms with Crippen LogP contribution in [0.25, 0.3) is 6.08 Å². The molecule has 0 saturated heterocycles. The normalized spacial score (nSPS) is 11.2. The van der Waals surface area contributed by atoms with E-state index in [1.807, 2.05) is 13.8 Å². The molecule has 0 saturated carbocycles. The van der Waals surface area contributed by atoms with Crippen molar-refractivity contribution in [2.24, 2.45) is 5.92 Å². The molecule has 1 N–H and O–H groups in total. The molecule has 0 heterocycles. The van der Waals surface area contributed by atoms with E-state index in [-0.39, 0.29) is 10.9 Å². The summed E-state index contributed by atoms with van der Waals surface area (Å²) in [7, 11) is 0. The first-order valence-electron chi connectivity index (χ1n) is 5.54. The van der Waals surface area contributed by atoms with E-state index in [2.05, 4.69) is 5.48 Å². The van der Waals surface area contributed by atoms with Crippen LogP contribution < -0.4 is 5.48 Å². The van der Waals surface area contributed by atoms with Crippen molar-refractivity contribution in [2.75, 3.05) is 6.61 Å². The third-order valence-electron chi connectivity index (χ3n) is 1.96. The Morgan fingerprint density at radius 2 is 2.28 bits per heavy atom. The second-order valence-electron chi connectivity index (χ2n) is 4.18. The lowest BCUT2D eigenvalue weighted by Gasteiger charge is -2.05. The predicted octanol–water partition coefficient (Wildman–Crippen LogP) is 3.20. The molecule has 0 fully saturated rings. The van der Waals surface area contributed by atoms with Gasteiger partial charge in [-0.2, -0.15) is 0 Å². The number of rotatable bonds is 5. The summed E-state index contributed by atoms with van der Waals surface area (Å²) in [5.41, 5.74) is 2.92. The van der Waals surface area contributed by atoms with Gasteiger partial charge < -0.3 is 0 Å². The van der Waals surface area contributed by atoms with Gasteiger partial charge in [-0.05, 0) is 29.7 Å². The van der Waals surface area contributed by atoms with Crippen molar-refractivity contribution >= 4 is 23.6 Å². The van der Waals surface area contributed by atoms with Crippen molar-refractivity contribution in [1.82, 2.24) is 5.48 Å². The highest BCUT2D eigenvalue weighted by atomic mass is 35.5. The van der Waals surface area contributed by atoms with Crippen molar-refractivity contribution in [3.05, 3.63) is 40.7 Å². The van der Waals surface area contributed by atoms with Crippen LogP contribution in [0.2, 0.25) is 5.02 Å². The van der Waals surface area contributed by atoms with Crippen molar-refractivity contribution in [1.29, 1.82) is 0 Å². The molecule has 1 rings (SSSR count). The predicted molar refractivity (Wildman–Crippen MR) is 69.4 cm³/mol.